The van der Waals surface area contributed by atoms with E-state index >= 15 is 0 Å². The summed E-state index contributed by atoms with van der Waals surface area (Å²) in [7, 11) is 0. The highest BCUT2D eigenvalue weighted by Crippen LogP contribution is 2.25. The van der Waals surface area contributed by atoms with E-state index < -0.39 is 6.43 Å². The fraction of sp³-hybridized carbons (Fsp3) is 0.250. The molecule has 0 aliphatic rings. The SMILES string of the molecule is CC(NCc1ccc(C(F)F)cc1)c1ccc(Cl)c(Cl)c1. The van der Waals surface area contributed by atoms with Gasteiger partial charge in [0.1, 0.15) is 0 Å². The van der Waals surface area contributed by atoms with E-state index in [1.165, 1.54) is 12.1 Å². The first-order valence-electron chi connectivity index (χ1n) is 6.52. The van der Waals surface area contributed by atoms with E-state index in [1.54, 1.807) is 18.2 Å². The van der Waals surface area contributed by atoms with Crippen molar-refractivity contribution in [3.05, 3.63) is 69.2 Å². The van der Waals surface area contributed by atoms with Gasteiger partial charge in [-0.2, -0.15) is 0 Å². The van der Waals surface area contributed by atoms with Crippen molar-refractivity contribution in [1.82, 2.24) is 5.32 Å². The van der Waals surface area contributed by atoms with Crippen LogP contribution in [0, 0.1) is 0 Å². The van der Waals surface area contributed by atoms with Crippen molar-refractivity contribution in [2.75, 3.05) is 0 Å². The Labute approximate surface area is 132 Å². The maximum absolute atomic E-state index is 12.5. The quantitative estimate of drug-likeness (QED) is 0.732. The summed E-state index contributed by atoms with van der Waals surface area (Å²) in [6, 6.07) is 11.9. The van der Waals surface area contributed by atoms with Gasteiger partial charge in [-0.05, 0) is 30.2 Å². The minimum absolute atomic E-state index is 0.0382. The number of nitrogens with one attached hydrogen (secondary N) is 1. The van der Waals surface area contributed by atoms with Gasteiger partial charge in [-0.15, -0.1) is 0 Å². The van der Waals surface area contributed by atoms with E-state index in [0.29, 0.717) is 16.6 Å². The Morgan fingerprint density at radius 1 is 0.952 bits per heavy atom. The molecule has 1 N–H and O–H groups in total. The van der Waals surface area contributed by atoms with Crippen LogP contribution in [-0.2, 0) is 6.54 Å². The molecule has 0 aliphatic heterocycles. The zero-order chi connectivity index (χ0) is 15.4. The lowest BCUT2D eigenvalue weighted by atomic mass is 10.1. The topological polar surface area (TPSA) is 12.0 Å². The molecule has 112 valence electrons. The fourth-order valence-electron chi connectivity index (χ4n) is 1.95. The smallest absolute Gasteiger partial charge is 0.263 e. The molecule has 0 spiro atoms. The van der Waals surface area contributed by atoms with Crippen LogP contribution in [0.2, 0.25) is 10.0 Å². The average molecular weight is 330 g/mol. The van der Waals surface area contributed by atoms with Gasteiger partial charge >= 0.3 is 0 Å². The molecule has 1 atom stereocenters. The fourth-order valence-corrected chi connectivity index (χ4v) is 2.26. The maximum Gasteiger partial charge on any atom is 0.263 e. The predicted molar refractivity (Wildman–Crippen MR) is 83.1 cm³/mol. The van der Waals surface area contributed by atoms with Crippen LogP contribution in [0.1, 0.15) is 36.1 Å². The van der Waals surface area contributed by atoms with E-state index in [0.717, 1.165) is 11.1 Å². The Hall–Kier alpha value is -1.16. The molecule has 0 heterocycles. The molecule has 2 aromatic rings. The van der Waals surface area contributed by atoms with Crippen LogP contribution < -0.4 is 5.32 Å². The second-order valence-electron chi connectivity index (χ2n) is 4.82. The second kappa shape index (κ2) is 7.21. The summed E-state index contributed by atoms with van der Waals surface area (Å²) in [4.78, 5) is 0. The summed E-state index contributed by atoms with van der Waals surface area (Å²) in [6.45, 7) is 2.60. The standard InChI is InChI=1S/C16H15Cl2F2N/c1-10(13-6-7-14(17)15(18)8-13)21-9-11-2-4-12(5-3-11)16(19)20/h2-8,10,16,21H,9H2,1H3. The van der Waals surface area contributed by atoms with Crippen molar-refractivity contribution in [1.29, 1.82) is 0 Å². The normalized spacial score (nSPS) is 12.7. The number of hydrogen-bond donors (Lipinski definition) is 1. The van der Waals surface area contributed by atoms with Crippen LogP contribution in [0.25, 0.3) is 0 Å². The van der Waals surface area contributed by atoms with Gasteiger partial charge in [0.25, 0.3) is 6.43 Å². The van der Waals surface area contributed by atoms with Crippen LogP contribution in [-0.4, -0.2) is 0 Å². The van der Waals surface area contributed by atoms with Crippen LogP contribution in [0.5, 0.6) is 0 Å². The number of halogens is 4. The third-order valence-electron chi connectivity index (χ3n) is 3.29. The first kappa shape index (κ1) is 16.2. The lowest BCUT2D eigenvalue weighted by Gasteiger charge is -2.15. The highest BCUT2D eigenvalue weighted by molar-refractivity contribution is 6.42. The van der Waals surface area contributed by atoms with Gasteiger partial charge in [-0.25, -0.2) is 8.78 Å². The molecule has 0 aliphatic carbocycles. The van der Waals surface area contributed by atoms with Crippen molar-refractivity contribution in [3.63, 3.8) is 0 Å². The van der Waals surface area contributed by atoms with Gasteiger partial charge in [0.15, 0.2) is 0 Å². The van der Waals surface area contributed by atoms with E-state index in [1.807, 2.05) is 19.1 Å². The summed E-state index contributed by atoms with van der Waals surface area (Å²) in [6.07, 6.45) is -2.43. The highest BCUT2D eigenvalue weighted by Gasteiger charge is 2.09. The van der Waals surface area contributed by atoms with Gasteiger partial charge in [0.2, 0.25) is 0 Å². The third-order valence-corrected chi connectivity index (χ3v) is 4.03. The summed E-state index contributed by atoms with van der Waals surface area (Å²) >= 11 is 11.9. The first-order chi connectivity index (χ1) is 9.97. The molecular formula is C16H15Cl2F2N. The Kier molecular flexibility index (Phi) is 5.57. The molecule has 0 radical (unpaired) electrons. The van der Waals surface area contributed by atoms with Crippen LogP contribution in [0.4, 0.5) is 8.78 Å². The zero-order valence-electron chi connectivity index (χ0n) is 11.4. The van der Waals surface area contributed by atoms with Crippen molar-refractivity contribution in [2.45, 2.75) is 25.9 Å². The minimum Gasteiger partial charge on any atom is -0.306 e. The molecule has 1 unspecified atom stereocenters. The maximum atomic E-state index is 12.5. The predicted octanol–water partition coefficient (Wildman–Crippen LogP) is 5.78. The highest BCUT2D eigenvalue weighted by atomic mass is 35.5. The van der Waals surface area contributed by atoms with Crippen LogP contribution in [0.3, 0.4) is 0 Å². The van der Waals surface area contributed by atoms with E-state index in [4.69, 9.17) is 23.2 Å². The van der Waals surface area contributed by atoms with Gasteiger partial charge in [-0.1, -0.05) is 53.5 Å². The number of hydrogen-bond acceptors (Lipinski definition) is 1. The van der Waals surface area contributed by atoms with Gasteiger partial charge in [0, 0.05) is 18.2 Å². The largest absolute Gasteiger partial charge is 0.306 e. The van der Waals surface area contributed by atoms with Crippen molar-refractivity contribution >= 4 is 23.2 Å². The van der Waals surface area contributed by atoms with Crippen molar-refractivity contribution < 1.29 is 8.78 Å². The molecular weight excluding hydrogens is 315 g/mol. The van der Waals surface area contributed by atoms with Crippen molar-refractivity contribution in [2.24, 2.45) is 0 Å². The number of alkyl halides is 2. The Bertz CT molecular complexity index is 600. The monoisotopic (exact) mass is 329 g/mol. The molecule has 0 bridgehead atoms. The lowest BCUT2D eigenvalue weighted by Crippen LogP contribution is -2.18. The first-order valence-corrected chi connectivity index (χ1v) is 7.28. The number of rotatable bonds is 5. The molecule has 0 amide bonds. The van der Waals surface area contributed by atoms with Gasteiger partial charge in [-0.3, -0.25) is 0 Å². The third kappa shape index (κ3) is 4.40. The minimum atomic E-state index is -2.43. The second-order valence-corrected chi connectivity index (χ2v) is 5.63. The molecule has 21 heavy (non-hydrogen) atoms. The summed E-state index contributed by atoms with van der Waals surface area (Å²) in [5.41, 5.74) is 2.01. The van der Waals surface area contributed by atoms with E-state index in [9.17, 15) is 8.78 Å². The molecule has 5 heteroatoms. The number of benzene rings is 2. The molecule has 2 rings (SSSR count). The zero-order valence-corrected chi connectivity index (χ0v) is 12.9. The molecule has 0 fully saturated rings. The molecule has 1 nitrogen and oxygen atoms in total. The molecule has 0 aromatic heterocycles. The summed E-state index contributed by atoms with van der Waals surface area (Å²) < 4.78 is 24.9. The Balaban J connectivity index is 1.97. The van der Waals surface area contributed by atoms with E-state index in [2.05, 4.69) is 5.32 Å². The van der Waals surface area contributed by atoms with Gasteiger partial charge in [0.05, 0.1) is 10.0 Å². The van der Waals surface area contributed by atoms with Crippen LogP contribution in [0.15, 0.2) is 42.5 Å². The van der Waals surface area contributed by atoms with Crippen LogP contribution >= 0.6 is 23.2 Å². The summed E-state index contributed by atoms with van der Waals surface area (Å²) in [5.74, 6) is 0. The molecule has 0 saturated heterocycles. The van der Waals surface area contributed by atoms with E-state index in [-0.39, 0.29) is 11.6 Å². The molecule has 0 saturated carbocycles. The Morgan fingerprint density at radius 3 is 2.14 bits per heavy atom. The summed E-state index contributed by atoms with van der Waals surface area (Å²) in [5, 5.41) is 4.36. The van der Waals surface area contributed by atoms with Gasteiger partial charge < -0.3 is 5.32 Å². The van der Waals surface area contributed by atoms with Crippen molar-refractivity contribution in [3.8, 4) is 0 Å². The molecule has 2 aromatic carbocycles. The lowest BCUT2D eigenvalue weighted by molar-refractivity contribution is 0.151. The Morgan fingerprint density at radius 2 is 1.57 bits per heavy atom. The average Bonchev–Trinajstić information content (AvgIpc) is 2.48.